The highest BCUT2D eigenvalue weighted by Gasteiger charge is 2.33. The lowest BCUT2D eigenvalue weighted by Crippen LogP contribution is -2.10. The van der Waals surface area contributed by atoms with Gasteiger partial charge in [0, 0.05) is 5.56 Å². The van der Waals surface area contributed by atoms with E-state index >= 15 is 0 Å². The zero-order valence-electron chi connectivity index (χ0n) is 9.28. The lowest BCUT2D eigenvalue weighted by atomic mass is 10.0. The second kappa shape index (κ2) is 5.44. The Balaban J connectivity index is 3.27. The quantitative estimate of drug-likeness (QED) is 0.809. The standard InChI is InChI=1S/C12H7F3O4/c13-12(14,15)9-6-8(11(18)19)5-4-7(9)2-1-3-10(16)17/h4-6H,3H2,(H,16,17)(H,18,19). The fourth-order valence-electron chi connectivity index (χ4n) is 1.24. The van der Waals surface area contributed by atoms with Gasteiger partial charge in [-0.25, -0.2) is 4.79 Å². The van der Waals surface area contributed by atoms with Crippen molar-refractivity contribution in [2.24, 2.45) is 0 Å². The number of hydrogen-bond acceptors (Lipinski definition) is 2. The van der Waals surface area contributed by atoms with E-state index in [2.05, 4.69) is 11.8 Å². The van der Waals surface area contributed by atoms with Crippen molar-refractivity contribution in [2.75, 3.05) is 0 Å². The third-order valence-corrected chi connectivity index (χ3v) is 2.03. The molecule has 0 saturated heterocycles. The molecular formula is C12H7F3O4. The van der Waals surface area contributed by atoms with Gasteiger partial charge in [0.1, 0.15) is 6.42 Å². The van der Waals surface area contributed by atoms with Crippen LogP contribution in [0.2, 0.25) is 0 Å². The number of aromatic carboxylic acids is 1. The molecule has 0 amide bonds. The van der Waals surface area contributed by atoms with E-state index in [4.69, 9.17) is 10.2 Å². The van der Waals surface area contributed by atoms with Crippen LogP contribution in [0.15, 0.2) is 18.2 Å². The minimum Gasteiger partial charge on any atom is -0.481 e. The molecule has 1 aromatic carbocycles. The highest BCUT2D eigenvalue weighted by molar-refractivity contribution is 5.88. The van der Waals surface area contributed by atoms with Crippen molar-refractivity contribution in [2.45, 2.75) is 12.6 Å². The molecule has 0 unspecified atom stereocenters. The molecule has 0 radical (unpaired) electrons. The zero-order valence-corrected chi connectivity index (χ0v) is 9.28. The number of carbonyl (C=O) groups is 2. The number of rotatable bonds is 2. The van der Waals surface area contributed by atoms with Crippen molar-refractivity contribution in [3.05, 3.63) is 34.9 Å². The summed E-state index contributed by atoms with van der Waals surface area (Å²) in [7, 11) is 0. The minimum absolute atomic E-state index is 0.459. The monoisotopic (exact) mass is 272 g/mol. The van der Waals surface area contributed by atoms with Crippen LogP contribution in [0.25, 0.3) is 0 Å². The first-order valence-corrected chi connectivity index (χ1v) is 4.87. The van der Waals surface area contributed by atoms with Crippen LogP contribution in [0.3, 0.4) is 0 Å². The van der Waals surface area contributed by atoms with Gasteiger partial charge in [-0.05, 0) is 18.2 Å². The van der Waals surface area contributed by atoms with E-state index < -0.39 is 41.2 Å². The van der Waals surface area contributed by atoms with Gasteiger partial charge >= 0.3 is 18.1 Å². The molecule has 1 aromatic rings. The number of alkyl halides is 3. The molecule has 0 bridgehead atoms. The van der Waals surface area contributed by atoms with Gasteiger partial charge < -0.3 is 10.2 Å². The molecule has 2 N–H and O–H groups in total. The first kappa shape index (κ1) is 14.6. The summed E-state index contributed by atoms with van der Waals surface area (Å²) in [5, 5.41) is 17.0. The molecule has 0 saturated carbocycles. The van der Waals surface area contributed by atoms with Crippen LogP contribution in [-0.2, 0) is 11.0 Å². The first-order valence-electron chi connectivity index (χ1n) is 4.87. The largest absolute Gasteiger partial charge is 0.481 e. The highest BCUT2D eigenvalue weighted by Crippen LogP contribution is 2.32. The Hall–Kier alpha value is -2.49. The Morgan fingerprint density at radius 2 is 1.84 bits per heavy atom. The maximum atomic E-state index is 12.7. The molecule has 0 aliphatic carbocycles. The van der Waals surface area contributed by atoms with Gasteiger partial charge in [0.2, 0.25) is 0 Å². The predicted octanol–water partition coefficient (Wildman–Crippen LogP) is 2.23. The Labute approximate surface area is 105 Å². The van der Waals surface area contributed by atoms with Crippen molar-refractivity contribution in [3.8, 4) is 11.8 Å². The summed E-state index contributed by atoms with van der Waals surface area (Å²) in [6.07, 6.45) is -5.36. The summed E-state index contributed by atoms with van der Waals surface area (Å²) in [6.45, 7) is 0. The summed E-state index contributed by atoms with van der Waals surface area (Å²) in [5.74, 6) is 1.39. The maximum absolute atomic E-state index is 12.7. The highest BCUT2D eigenvalue weighted by atomic mass is 19.4. The summed E-state index contributed by atoms with van der Waals surface area (Å²) in [6, 6.07) is 2.34. The van der Waals surface area contributed by atoms with Crippen LogP contribution in [0.4, 0.5) is 13.2 Å². The van der Waals surface area contributed by atoms with E-state index in [1.54, 1.807) is 0 Å². The van der Waals surface area contributed by atoms with Crippen molar-refractivity contribution in [1.82, 2.24) is 0 Å². The molecule has 0 atom stereocenters. The molecule has 7 heteroatoms. The molecule has 0 aliphatic rings. The molecule has 4 nitrogen and oxygen atoms in total. The van der Waals surface area contributed by atoms with Gasteiger partial charge in [0.25, 0.3) is 0 Å². The average molecular weight is 272 g/mol. The molecule has 0 spiro atoms. The van der Waals surface area contributed by atoms with E-state index in [0.717, 1.165) is 12.1 Å². The summed E-state index contributed by atoms with van der Waals surface area (Å²) < 4.78 is 38.1. The normalized spacial score (nSPS) is 10.5. The summed E-state index contributed by atoms with van der Waals surface area (Å²) in [4.78, 5) is 20.8. The first-order chi connectivity index (χ1) is 8.71. The van der Waals surface area contributed by atoms with Gasteiger partial charge in [0.15, 0.2) is 0 Å². The van der Waals surface area contributed by atoms with E-state index in [9.17, 15) is 22.8 Å². The lowest BCUT2D eigenvalue weighted by molar-refractivity contribution is -0.138. The molecule has 0 heterocycles. The maximum Gasteiger partial charge on any atom is 0.417 e. The molecule has 0 aromatic heterocycles. The molecule has 19 heavy (non-hydrogen) atoms. The smallest absolute Gasteiger partial charge is 0.417 e. The average Bonchev–Trinajstić information content (AvgIpc) is 2.27. The molecule has 100 valence electrons. The van der Waals surface area contributed by atoms with E-state index in [1.165, 1.54) is 0 Å². The van der Waals surface area contributed by atoms with Gasteiger partial charge in [-0.3, -0.25) is 4.79 Å². The van der Waals surface area contributed by atoms with Crippen molar-refractivity contribution >= 4 is 11.9 Å². The van der Waals surface area contributed by atoms with Gasteiger partial charge in [-0.2, -0.15) is 13.2 Å². The summed E-state index contributed by atoms with van der Waals surface area (Å²) >= 11 is 0. The Kier molecular flexibility index (Phi) is 4.17. The van der Waals surface area contributed by atoms with E-state index in [0.29, 0.717) is 6.07 Å². The van der Waals surface area contributed by atoms with Gasteiger partial charge in [0.05, 0.1) is 11.1 Å². The number of aliphatic carboxylic acids is 1. The number of halogens is 3. The second-order valence-electron chi connectivity index (χ2n) is 3.44. The summed E-state index contributed by atoms with van der Waals surface area (Å²) in [5.41, 5.74) is -2.18. The topological polar surface area (TPSA) is 74.6 Å². The fraction of sp³-hybridized carbons (Fsp3) is 0.167. The van der Waals surface area contributed by atoms with Gasteiger partial charge in [-0.15, -0.1) is 0 Å². The number of carboxylic acids is 2. The Morgan fingerprint density at radius 3 is 2.32 bits per heavy atom. The van der Waals surface area contributed by atoms with Crippen molar-refractivity contribution in [3.63, 3.8) is 0 Å². The minimum atomic E-state index is -4.77. The Bertz CT molecular complexity index is 579. The van der Waals surface area contributed by atoms with Crippen LogP contribution in [-0.4, -0.2) is 22.2 Å². The van der Waals surface area contributed by atoms with Crippen LogP contribution in [0, 0.1) is 11.8 Å². The molecular weight excluding hydrogens is 265 g/mol. The van der Waals surface area contributed by atoms with E-state index in [-0.39, 0.29) is 0 Å². The molecule has 1 rings (SSSR count). The number of hydrogen-bond donors (Lipinski definition) is 2. The lowest BCUT2D eigenvalue weighted by Gasteiger charge is -2.09. The molecule has 0 fully saturated rings. The Morgan fingerprint density at radius 1 is 1.21 bits per heavy atom. The van der Waals surface area contributed by atoms with Crippen LogP contribution in [0.5, 0.6) is 0 Å². The third-order valence-electron chi connectivity index (χ3n) is 2.03. The van der Waals surface area contributed by atoms with Crippen molar-refractivity contribution in [1.29, 1.82) is 0 Å². The third kappa shape index (κ3) is 4.03. The number of carboxylic acid groups (broad SMARTS) is 2. The van der Waals surface area contributed by atoms with Gasteiger partial charge in [-0.1, -0.05) is 11.8 Å². The predicted molar refractivity (Wildman–Crippen MR) is 57.5 cm³/mol. The SMILES string of the molecule is O=C(O)CC#Cc1ccc(C(=O)O)cc1C(F)(F)F. The fourth-order valence-corrected chi connectivity index (χ4v) is 1.24. The van der Waals surface area contributed by atoms with Crippen molar-refractivity contribution < 1.29 is 33.0 Å². The van der Waals surface area contributed by atoms with Crippen LogP contribution in [0.1, 0.15) is 27.9 Å². The van der Waals surface area contributed by atoms with Crippen LogP contribution >= 0.6 is 0 Å². The number of benzene rings is 1. The van der Waals surface area contributed by atoms with Crippen LogP contribution < -0.4 is 0 Å². The zero-order chi connectivity index (χ0) is 14.6. The second-order valence-corrected chi connectivity index (χ2v) is 3.44. The van der Waals surface area contributed by atoms with E-state index in [1.807, 2.05) is 0 Å². The molecule has 0 aliphatic heterocycles.